The first-order valence-corrected chi connectivity index (χ1v) is 6.45. The molecule has 0 atom stereocenters. The van der Waals surface area contributed by atoms with Gasteiger partial charge in [0.05, 0.1) is 6.33 Å². The second kappa shape index (κ2) is 4.69. The van der Waals surface area contributed by atoms with Gasteiger partial charge in [-0.05, 0) is 4.92 Å². The molecule has 0 spiro atoms. The first-order valence-electron chi connectivity index (χ1n) is 5.57. The Kier molecular flexibility index (Phi) is 2.88. The summed E-state index contributed by atoms with van der Waals surface area (Å²) in [5, 5.41) is 15.8. The van der Waals surface area contributed by atoms with E-state index in [1.807, 2.05) is 0 Å². The molecule has 0 aliphatic rings. The third-order valence-corrected chi connectivity index (χ3v) is 3.41. The van der Waals surface area contributed by atoms with Crippen LogP contribution in [0, 0.1) is 10.1 Å². The SMILES string of the molecule is O=[N+]([O-])c1c(NCCc2cnc[nH]2)nc2sccn12. The molecule has 9 heteroatoms. The minimum atomic E-state index is -0.425. The van der Waals surface area contributed by atoms with E-state index >= 15 is 0 Å². The Morgan fingerprint density at radius 1 is 1.58 bits per heavy atom. The highest BCUT2D eigenvalue weighted by atomic mass is 32.1. The molecule has 2 N–H and O–H groups in total. The number of rotatable bonds is 5. The lowest BCUT2D eigenvalue weighted by Gasteiger charge is -2.01. The number of nitro groups is 1. The van der Waals surface area contributed by atoms with Crippen LogP contribution in [0.4, 0.5) is 11.6 Å². The number of hydrogen-bond acceptors (Lipinski definition) is 6. The summed E-state index contributed by atoms with van der Waals surface area (Å²) in [6.45, 7) is 0.549. The Bertz CT molecular complexity index is 701. The average Bonchev–Trinajstić information content (AvgIpc) is 3.02. The number of aromatic nitrogens is 4. The van der Waals surface area contributed by atoms with Gasteiger partial charge < -0.3 is 20.4 Å². The van der Waals surface area contributed by atoms with Crippen LogP contribution >= 0.6 is 11.3 Å². The highest BCUT2D eigenvalue weighted by Gasteiger charge is 2.22. The van der Waals surface area contributed by atoms with Crippen molar-refractivity contribution in [3.63, 3.8) is 0 Å². The molecule has 3 rings (SSSR count). The standard InChI is InChI=1S/C10H10N6O2S/c17-16(18)9-8(14-10-15(9)3-4-19-10)12-2-1-7-5-11-6-13-7/h3-6,12H,1-2H2,(H,11,13). The van der Waals surface area contributed by atoms with Crippen molar-refractivity contribution < 1.29 is 4.92 Å². The summed E-state index contributed by atoms with van der Waals surface area (Å²) in [5.74, 6) is 0.275. The predicted octanol–water partition coefficient (Wildman–Crippen LogP) is 1.68. The normalized spacial score (nSPS) is 10.9. The Labute approximate surface area is 111 Å². The van der Waals surface area contributed by atoms with Crippen molar-refractivity contribution in [3.05, 3.63) is 39.9 Å². The van der Waals surface area contributed by atoms with E-state index in [-0.39, 0.29) is 5.82 Å². The van der Waals surface area contributed by atoms with Crippen molar-refractivity contribution in [1.82, 2.24) is 19.4 Å². The molecule has 0 amide bonds. The van der Waals surface area contributed by atoms with Crippen LogP contribution in [0.3, 0.4) is 0 Å². The van der Waals surface area contributed by atoms with E-state index in [2.05, 4.69) is 20.3 Å². The molecule has 0 bridgehead atoms. The summed E-state index contributed by atoms with van der Waals surface area (Å²) < 4.78 is 1.48. The molecule has 8 nitrogen and oxygen atoms in total. The van der Waals surface area contributed by atoms with Gasteiger partial charge in [-0.1, -0.05) is 11.3 Å². The molecular weight excluding hydrogens is 268 g/mol. The largest absolute Gasteiger partial charge is 0.372 e. The zero-order valence-electron chi connectivity index (χ0n) is 9.74. The Balaban J connectivity index is 1.78. The van der Waals surface area contributed by atoms with Crippen LogP contribution in [0.5, 0.6) is 0 Å². The maximum Gasteiger partial charge on any atom is 0.372 e. The van der Waals surface area contributed by atoms with E-state index in [0.29, 0.717) is 23.7 Å². The molecule has 0 radical (unpaired) electrons. The molecule has 3 aromatic rings. The zero-order chi connectivity index (χ0) is 13.2. The lowest BCUT2D eigenvalue weighted by Crippen LogP contribution is -2.07. The van der Waals surface area contributed by atoms with Crippen LogP contribution in [-0.2, 0) is 6.42 Å². The number of imidazole rings is 2. The summed E-state index contributed by atoms with van der Waals surface area (Å²) in [6, 6.07) is 0. The zero-order valence-corrected chi connectivity index (χ0v) is 10.6. The van der Waals surface area contributed by atoms with Crippen LogP contribution in [-0.4, -0.2) is 30.8 Å². The molecule has 0 aliphatic heterocycles. The molecule has 3 aromatic heterocycles. The van der Waals surface area contributed by atoms with Crippen molar-refractivity contribution in [2.75, 3.05) is 11.9 Å². The van der Waals surface area contributed by atoms with Crippen molar-refractivity contribution in [2.24, 2.45) is 0 Å². The maximum atomic E-state index is 11.1. The monoisotopic (exact) mass is 278 g/mol. The highest BCUT2D eigenvalue weighted by molar-refractivity contribution is 7.15. The number of hydrogen-bond donors (Lipinski definition) is 2. The van der Waals surface area contributed by atoms with Gasteiger partial charge in [-0.25, -0.2) is 4.98 Å². The predicted molar refractivity (Wildman–Crippen MR) is 70.5 cm³/mol. The van der Waals surface area contributed by atoms with Crippen LogP contribution in [0.15, 0.2) is 24.1 Å². The van der Waals surface area contributed by atoms with Gasteiger partial charge in [-0.3, -0.25) is 0 Å². The third-order valence-electron chi connectivity index (χ3n) is 2.65. The number of thiazole rings is 1. The minimum absolute atomic E-state index is 0.0270. The van der Waals surface area contributed by atoms with Gasteiger partial charge in [0, 0.05) is 30.2 Å². The van der Waals surface area contributed by atoms with E-state index < -0.39 is 4.92 Å². The molecule has 0 unspecified atom stereocenters. The summed E-state index contributed by atoms with van der Waals surface area (Å²) in [5.41, 5.74) is 0.969. The van der Waals surface area contributed by atoms with Crippen LogP contribution in [0.1, 0.15) is 5.69 Å². The second-order valence-corrected chi connectivity index (χ2v) is 4.72. The van der Waals surface area contributed by atoms with E-state index in [1.54, 1.807) is 24.1 Å². The van der Waals surface area contributed by atoms with Gasteiger partial charge in [0.1, 0.15) is 6.20 Å². The van der Waals surface area contributed by atoms with Gasteiger partial charge in [0.2, 0.25) is 5.82 Å². The molecule has 0 saturated carbocycles. The summed E-state index contributed by atoms with van der Waals surface area (Å²) >= 11 is 1.36. The third kappa shape index (κ3) is 2.15. The number of anilines is 1. The molecule has 19 heavy (non-hydrogen) atoms. The second-order valence-electron chi connectivity index (χ2n) is 3.85. The minimum Gasteiger partial charge on any atom is -0.363 e. The Morgan fingerprint density at radius 3 is 3.21 bits per heavy atom. The number of nitrogens with zero attached hydrogens (tertiary/aromatic N) is 4. The quantitative estimate of drug-likeness (QED) is 0.546. The van der Waals surface area contributed by atoms with Crippen LogP contribution in [0.2, 0.25) is 0 Å². The van der Waals surface area contributed by atoms with Crippen molar-refractivity contribution in [2.45, 2.75) is 6.42 Å². The fourth-order valence-corrected chi connectivity index (χ4v) is 2.51. The Morgan fingerprint density at radius 2 is 2.47 bits per heavy atom. The fraction of sp³-hybridized carbons (Fsp3) is 0.200. The van der Waals surface area contributed by atoms with Crippen molar-refractivity contribution in [1.29, 1.82) is 0 Å². The first kappa shape index (κ1) is 11.7. The van der Waals surface area contributed by atoms with Crippen LogP contribution < -0.4 is 5.32 Å². The molecule has 3 heterocycles. The number of aromatic amines is 1. The van der Waals surface area contributed by atoms with Crippen molar-refractivity contribution >= 4 is 27.9 Å². The lowest BCUT2D eigenvalue weighted by molar-refractivity contribution is -0.389. The summed E-state index contributed by atoms with van der Waals surface area (Å²) in [4.78, 5) is 22.4. The average molecular weight is 278 g/mol. The van der Waals surface area contributed by atoms with Crippen LogP contribution in [0.25, 0.3) is 4.96 Å². The highest BCUT2D eigenvalue weighted by Crippen LogP contribution is 2.27. The molecule has 0 aliphatic carbocycles. The van der Waals surface area contributed by atoms with Gasteiger partial charge >= 0.3 is 5.82 Å². The van der Waals surface area contributed by atoms with E-state index in [9.17, 15) is 10.1 Å². The molecule has 0 aromatic carbocycles. The maximum absolute atomic E-state index is 11.1. The van der Waals surface area contributed by atoms with E-state index in [0.717, 1.165) is 5.69 Å². The lowest BCUT2D eigenvalue weighted by atomic mass is 10.3. The summed E-state index contributed by atoms with van der Waals surface area (Å²) in [7, 11) is 0. The molecular formula is C10H10N6O2S. The molecule has 0 fully saturated rings. The van der Waals surface area contributed by atoms with Gasteiger partial charge in [-0.15, -0.1) is 0 Å². The number of nitrogens with one attached hydrogen (secondary N) is 2. The van der Waals surface area contributed by atoms with Gasteiger partial charge in [0.15, 0.2) is 0 Å². The topological polar surface area (TPSA) is 101 Å². The molecule has 98 valence electrons. The smallest absolute Gasteiger partial charge is 0.363 e. The number of fused-ring (bicyclic) bond motifs is 1. The van der Waals surface area contributed by atoms with E-state index in [4.69, 9.17) is 0 Å². The summed E-state index contributed by atoms with van der Waals surface area (Å²) in [6.07, 6.45) is 5.67. The molecule has 0 saturated heterocycles. The Hall–Kier alpha value is -2.42. The van der Waals surface area contributed by atoms with Crippen molar-refractivity contribution in [3.8, 4) is 0 Å². The fourth-order valence-electron chi connectivity index (χ4n) is 1.80. The van der Waals surface area contributed by atoms with E-state index in [1.165, 1.54) is 15.7 Å². The number of H-pyrrole nitrogens is 1. The van der Waals surface area contributed by atoms with Gasteiger partial charge in [0.25, 0.3) is 4.96 Å². The van der Waals surface area contributed by atoms with Gasteiger partial charge in [-0.2, -0.15) is 9.38 Å². The first-order chi connectivity index (χ1) is 9.25.